The Morgan fingerprint density at radius 2 is 1.71 bits per heavy atom. The lowest BCUT2D eigenvalue weighted by Gasteiger charge is -2.04. The molecule has 84 valence electrons. The van der Waals surface area contributed by atoms with Gasteiger partial charge in [0.15, 0.2) is 6.29 Å². The van der Waals surface area contributed by atoms with Crippen molar-refractivity contribution in [2.75, 3.05) is 0 Å². The molecule has 0 aliphatic rings. The third kappa shape index (κ3) is 2.82. The summed E-state index contributed by atoms with van der Waals surface area (Å²) in [5.41, 5.74) is 1.21. The summed E-state index contributed by atoms with van der Waals surface area (Å²) in [6.45, 7) is 0. The Bertz CT molecular complexity index is 537. The zero-order valence-corrected chi connectivity index (χ0v) is 9.91. The van der Waals surface area contributed by atoms with Gasteiger partial charge >= 0.3 is 0 Å². The molecule has 2 aromatic rings. The first-order valence-electron chi connectivity index (χ1n) is 5.16. The lowest BCUT2D eigenvalue weighted by molar-refractivity contribution is 0.112. The van der Waals surface area contributed by atoms with Gasteiger partial charge in [0.25, 0.3) is 0 Å². The van der Waals surface area contributed by atoms with Gasteiger partial charge in [-0.05, 0) is 30.3 Å². The molecule has 0 fully saturated rings. The topological polar surface area (TPSA) is 40.9 Å². The third-order valence-electron chi connectivity index (χ3n) is 2.32. The minimum Gasteiger partial charge on any atom is -0.308 e. The van der Waals surface area contributed by atoms with Crippen LogP contribution in [0.2, 0.25) is 0 Å². The van der Waals surface area contributed by atoms with Crippen LogP contribution in [0, 0.1) is 5.41 Å². The molecule has 0 saturated heterocycles. The van der Waals surface area contributed by atoms with E-state index in [1.165, 1.54) is 6.21 Å². The van der Waals surface area contributed by atoms with Crippen LogP contribution in [0.1, 0.15) is 15.9 Å². The van der Waals surface area contributed by atoms with Crippen LogP contribution in [0.4, 0.5) is 0 Å². The van der Waals surface area contributed by atoms with E-state index in [0.29, 0.717) is 11.1 Å². The van der Waals surface area contributed by atoms with E-state index in [-0.39, 0.29) is 0 Å². The fourth-order valence-electron chi connectivity index (χ4n) is 1.47. The van der Waals surface area contributed by atoms with E-state index in [2.05, 4.69) is 0 Å². The van der Waals surface area contributed by atoms with Crippen molar-refractivity contribution in [3.8, 4) is 0 Å². The van der Waals surface area contributed by atoms with Crippen molar-refractivity contribution >= 4 is 24.3 Å². The zero-order valence-electron chi connectivity index (χ0n) is 9.09. The monoisotopic (exact) mass is 241 g/mol. The minimum atomic E-state index is 0.553. The van der Waals surface area contributed by atoms with Crippen molar-refractivity contribution in [2.45, 2.75) is 9.79 Å². The summed E-state index contributed by atoms with van der Waals surface area (Å²) >= 11 is 1.62. The Morgan fingerprint density at radius 3 is 2.35 bits per heavy atom. The van der Waals surface area contributed by atoms with Gasteiger partial charge < -0.3 is 5.41 Å². The standard InChI is InChI=1S/C14H11NOS/c15-9-12-8-14(7-6-11(12)10-16)17-13-4-2-1-3-5-13/h1-10,15H. The van der Waals surface area contributed by atoms with E-state index in [1.54, 1.807) is 17.8 Å². The highest BCUT2D eigenvalue weighted by molar-refractivity contribution is 7.99. The lowest BCUT2D eigenvalue weighted by Crippen LogP contribution is -1.90. The van der Waals surface area contributed by atoms with Gasteiger partial charge in [-0.3, -0.25) is 4.79 Å². The van der Waals surface area contributed by atoms with Crippen molar-refractivity contribution in [1.82, 2.24) is 0 Å². The van der Waals surface area contributed by atoms with Gasteiger partial charge in [0.05, 0.1) is 0 Å². The Labute approximate surface area is 104 Å². The normalized spacial score (nSPS) is 9.88. The number of benzene rings is 2. The number of rotatable bonds is 4. The fraction of sp³-hybridized carbons (Fsp3) is 0. The van der Waals surface area contributed by atoms with E-state index >= 15 is 0 Å². The average Bonchev–Trinajstić information content (AvgIpc) is 2.40. The summed E-state index contributed by atoms with van der Waals surface area (Å²) in [7, 11) is 0. The molecule has 2 nitrogen and oxygen atoms in total. The van der Waals surface area contributed by atoms with Crippen LogP contribution in [0.25, 0.3) is 0 Å². The number of hydrogen-bond donors (Lipinski definition) is 1. The third-order valence-corrected chi connectivity index (χ3v) is 3.32. The summed E-state index contributed by atoms with van der Waals surface area (Å²) in [5.74, 6) is 0. The van der Waals surface area contributed by atoms with E-state index in [0.717, 1.165) is 16.1 Å². The second kappa shape index (κ2) is 5.46. The van der Waals surface area contributed by atoms with Gasteiger partial charge in [0, 0.05) is 27.1 Å². The van der Waals surface area contributed by atoms with Crippen LogP contribution in [-0.4, -0.2) is 12.5 Å². The molecule has 0 bridgehead atoms. The quantitative estimate of drug-likeness (QED) is 0.655. The number of carbonyl (C=O) groups excluding carboxylic acids is 1. The molecular weight excluding hydrogens is 230 g/mol. The van der Waals surface area contributed by atoms with E-state index in [9.17, 15) is 4.79 Å². The highest BCUT2D eigenvalue weighted by Crippen LogP contribution is 2.28. The molecule has 1 N–H and O–H groups in total. The second-order valence-electron chi connectivity index (χ2n) is 3.47. The van der Waals surface area contributed by atoms with Crippen molar-refractivity contribution in [2.24, 2.45) is 0 Å². The Hall–Kier alpha value is -1.87. The molecule has 0 saturated carbocycles. The molecule has 0 unspecified atom stereocenters. The number of carbonyl (C=O) groups is 1. The number of nitrogens with one attached hydrogen (secondary N) is 1. The molecule has 0 aliphatic heterocycles. The van der Waals surface area contributed by atoms with Gasteiger partial charge in [-0.15, -0.1) is 0 Å². The van der Waals surface area contributed by atoms with Gasteiger partial charge in [0.2, 0.25) is 0 Å². The smallest absolute Gasteiger partial charge is 0.150 e. The summed E-state index contributed by atoms with van der Waals surface area (Å²) in [4.78, 5) is 12.9. The maximum absolute atomic E-state index is 10.7. The van der Waals surface area contributed by atoms with Crippen LogP contribution in [0.15, 0.2) is 58.3 Å². The molecule has 17 heavy (non-hydrogen) atoms. The summed E-state index contributed by atoms with van der Waals surface area (Å²) in [6.07, 6.45) is 1.98. The average molecular weight is 241 g/mol. The van der Waals surface area contributed by atoms with Crippen molar-refractivity contribution in [3.63, 3.8) is 0 Å². The van der Waals surface area contributed by atoms with Crippen LogP contribution >= 0.6 is 11.8 Å². The molecule has 0 atom stereocenters. The van der Waals surface area contributed by atoms with Crippen LogP contribution in [0.5, 0.6) is 0 Å². The first-order valence-corrected chi connectivity index (χ1v) is 5.98. The predicted molar refractivity (Wildman–Crippen MR) is 70.3 cm³/mol. The summed E-state index contributed by atoms with van der Waals surface area (Å²) < 4.78 is 0. The maximum atomic E-state index is 10.7. The fourth-order valence-corrected chi connectivity index (χ4v) is 2.36. The SMILES string of the molecule is N=Cc1cc(Sc2ccccc2)ccc1C=O. The second-order valence-corrected chi connectivity index (χ2v) is 4.61. The first-order chi connectivity index (χ1) is 8.33. The van der Waals surface area contributed by atoms with E-state index in [4.69, 9.17) is 5.41 Å². The number of aldehydes is 1. The van der Waals surface area contributed by atoms with Gasteiger partial charge in [-0.25, -0.2) is 0 Å². The van der Waals surface area contributed by atoms with Gasteiger partial charge in [-0.1, -0.05) is 30.0 Å². The summed E-state index contributed by atoms with van der Waals surface area (Å²) in [5, 5.41) is 7.27. The van der Waals surface area contributed by atoms with Gasteiger partial charge in [-0.2, -0.15) is 0 Å². The highest BCUT2D eigenvalue weighted by Gasteiger charge is 2.02. The minimum absolute atomic E-state index is 0.553. The van der Waals surface area contributed by atoms with E-state index < -0.39 is 0 Å². The maximum Gasteiger partial charge on any atom is 0.150 e. The summed E-state index contributed by atoms with van der Waals surface area (Å²) in [6, 6.07) is 15.5. The Morgan fingerprint density at radius 1 is 0.941 bits per heavy atom. The first kappa shape index (κ1) is 11.6. The van der Waals surface area contributed by atoms with Crippen molar-refractivity contribution in [1.29, 1.82) is 5.41 Å². The zero-order chi connectivity index (χ0) is 12.1. The van der Waals surface area contributed by atoms with E-state index in [1.807, 2.05) is 42.5 Å². The Balaban J connectivity index is 2.28. The molecule has 0 aliphatic carbocycles. The Kier molecular flexibility index (Phi) is 3.73. The van der Waals surface area contributed by atoms with Crippen LogP contribution in [0.3, 0.4) is 0 Å². The van der Waals surface area contributed by atoms with Crippen molar-refractivity contribution < 1.29 is 4.79 Å². The molecule has 0 spiro atoms. The molecule has 0 radical (unpaired) electrons. The predicted octanol–water partition coefficient (Wildman–Crippen LogP) is 3.65. The molecule has 0 amide bonds. The molecule has 3 heteroatoms. The molecule has 0 aromatic heterocycles. The van der Waals surface area contributed by atoms with Crippen molar-refractivity contribution in [3.05, 3.63) is 59.7 Å². The molecular formula is C14H11NOS. The molecule has 0 heterocycles. The lowest BCUT2D eigenvalue weighted by atomic mass is 10.1. The van der Waals surface area contributed by atoms with Crippen LogP contribution < -0.4 is 0 Å². The molecule has 2 aromatic carbocycles. The van der Waals surface area contributed by atoms with Gasteiger partial charge in [0.1, 0.15) is 0 Å². The largest absolute Gasteiger partial charge is 0.308 e. The number of hydrogen-bond acceptors (Lipinski definition) is 3. The van der Waals surface area contributed by atoms with Crippen LogP contribution in [-0.2, 0) is 0 Å². The highest BCUT2D eigenvalue weighted by atomic mass is 32.2. The molecule has 2 rings (SSSR count).